The van der Waals surface area contributed by atoms with Gasteiger partial charge in [0.05, 0.1) is 10.3 Å². The van der Waals surface area contributed by atoms with E-state index in [0.717, 1.165) is 23.1 Å². The fourth-order valence-corrected chi connectivity index (χ4v) is 3.93. The second-order valence-corrected chi connectivity index (χ2v) is 7.27. The number of rotatable bonds is 4. The quantitative estimate of drug-likeness (QED) is 0.439. The monoisotopic (exact) mass is 391 g/mol. The molecule has 2 aromatic carbocycles. The van der Waals surface area contributed by atoms with Gasteiger partial charge in [-0.1, -0.05) is 23.2 Å². The Labute approximate surface area is 159 Å². The summed E-state index contributed by atoms with van der Waals surface area (Å²) in [7, 11) is 5.76. The molecule has 2 radical (unpaired) electrons. The molecule has 0 bridgehead atoms. The molecule has 7 heteroatoms. The van der Waals surface area contributed by atoms with Crippen molar-refractivity contribution in [1.29, 1.82) is 0 Å². The van der Waals surface area contributed by atoms with E-state index in [-0.39, 0.29) is 11.2 Å². The Morgan fingerprint density at radius 2 is 1.68 bits per heavy atom. The number of hydrogen-bond acceptors (Lipinski definition) is 2. The molecule has 0 spiro atoms. The third-order valence-electron chi connectivity index (χ3n) is 3.50. The van der Waals surface area contributed by atoms with E-state index in [0.29, 0.717) is 15.6 Å². The molecule has 0 saturated heterocycles. The highest BCUT2D eigenvalue weighted by Crippen LogP contribution is 2.43. The van der Waals surface area contributed by atoms with Gasteiger partial charge in [-0.05, 0) is 59.7 Å². The first kappa shape index (κ1) is 18.2. The van der Waals surface area contributed by atoms with Crippen molar-refractivity contribution in [3.05, 3.63) is 87.5 Å². The van der Waals surface area contributed by atoms with Crippen LogP contribution in [0, 0.1) is 11.6 Å². The summed E-state index contributed by atoms with van der Waals surface area (Å²) >= 11 is 13.5. The Morgan fingerprint density at radius 1 is 0.960 bits per heavy atom. The van der Waals surface area contributed by atoms with Crippen molar-refractivity contribution in [1.82, 2.24) is 4.98 Å². The van der Waals surface area contributed by atoms with Crippen LogP contribution in [-0.4, -0.2) is 12.8 Å². The van der Waals surface area contributed by atoms with Gasteiger partial charge >= 0.3 is 0 Å². The number of benzene rings is 2. The summed E-state index contributed by atoms with van der Waals surface area (Å²) in [5, 5.41) is 0.308. The molecule has 0 fully saturated rings. The molecular weight excluding hydrogens is 382 g/mol. The highest BCUT2D eigenvalue weighted by molar-refractivity contribution is 7.99. The lowest BCUT2D eigenvalue weighted by molar-refractivity contribution is 0.587. The first-order chi connectivity index (χ1) is 11.9. The summed E-state index contributed by atoms with van der Waals surface area (Å²) in [6.45, 7) is 0. The maximum atomic E-state index is 14.4. The van der Waals surface area contributed by atoms with Crippen LogP contribution in [0.4, 0.5) is 8.78 Å². The topological polar surface area (TPSA) is 12.9 Å². The van der Waals surface area contributed by atoms with E-state index >= 15 is 0 Å². The van der Waals surface area contributed by atoms with Crippen LogP contribution in [-0.2, 0) is 0 Å². The Balaban J connectivity index is 2.12. The predicted molar refractivity (Wildman–Crippen MR) is 100 cm³/mol. The summed E-state index contributed by atoms with van der Waals surface area (Å²) in [6, 6.07) is 12.0. The van der Waals surface area contributed by atoms with Gasteiger partial charge in [0.25, 0.3) is 0 Å². The summed E-state index contributed by atoms with van der Waals surface area (Å²) < 4.78 is 28.1. The maximum absolute atomic E-state index is 14.4. The van der Waals surface area contributed by atoms with Gasteiger partial charge in [0.1, 0.15) is 19.5 Å². The van der Waals surface area contributed by atoms with Gasteiger partial charge in [-0.2, -0.15) is 0 Å². The van der Waals surface area contributed by atoms with Gasteiger partial charge in [-0.3, -0.25) is 4.98 Å². The van der Waals surface area contributed by atoms with Gasteiger partial charge in [-0.25, -0.2) is 8.78 Å². The number of nitrogens with zero attached hydrogens (tertiary/aromatic N) is 1. The second kappa shape index (κ2) is 7.77. The lowest BCUT2D eigenvalue weighted by atomic mass is 9.98. The molecule has 1 nitrogen and oxygen atoms in total. The fraction of sp³-hybridized carbons (Fsp3) is 0.0556. The van der Waals surface area contributed by atoms with Crippen LogP contribution < -0.4 is 5.59 Å². The van der Waals surface area contributed by atoms with Crippen LogP contribution in [0.1, 0.15) is 16.4 Å². The van der Waals surface area contributed by atoms with E-state index in [1.54, 1.807) is 30.3 Å². The zero-order chi connectivity index (χ0) is 18.0. The summed E-state index contributed by atoms with van der Waals surface area (Å²) in [5.74, 6) is -1.06. The Kier molecular flexibility index (Phi) is 5.67. The summed E-state index contributed by atoms with van der Waals surface area (Å²) in [5.41, 5.74) is 0.976. The van der Waals surface area contributed by atoms with Crippen LogP contribution in [0.25, 0.3) is 0 Å². The van der Waals surface area contributed by atoms with Crippen molar-refractivity contribution in [3.63, 3.8) is 0 Å². The van der Waals surface area contributed by atoms with E-state index in [1.807, 2.05) is 0 Å². The highest BCUT2D eigenvalue weighted by atomic mass is 35.5. The molecule has 1 aromatic heterocycles. The maximum Gasteiger partial charge on any atom is 0.141 e. The first-order valence-corrected chi connectivity index (χ1v) is 8.85. The number of pyridine rings is 1. The molecule has 3 rings (SSSR count). The van der Waals surface area contributed by atoms with E-state index in [1.165, 1.54) is 18.0 Å². The van der Waals surface area contributed by atoms with Crippen molar-refractivity contribution in [2.24, 2.45) is 0 Å². The standard InChI is InChI=1S/C18H10BCl2F2NS/c19-17-8-13(15(21)9-24-17)18(14-7-11(22)3-6-16(14)23)25-12-4-1-10(20)2-5-12/h1-9,18H. The van der Waals surface area contributed by atoms with Gasteiger partial charge in [0.2, 0.25) is 0 Å². The van der Waals surface area contributed by atoms with E-state index in [9.17, 15) is 8.78 Å². The van der Waals surface area contributed by atoms with Crippen molar-refractivity contribution < 1.29 is 8.78 Å². The zero-order valence-electron chi connectivity index (χ0n) is 12.7. The van der Waals surface area contributed by atoms with Crippen LogP contribution >= 0.6 is 35.0 Å². The Hall–Kier alpha value is -1.56. The molecule has 124 valence electrons. The number of hydrogen-bond donors (Lipinski definition) is 0. The molecule has 1 atom stereocenters. The number of halogens is 4. The molecule has 0 saturated carbocycles. The molecule has 0 N–H and O–H groups in total. The van der Waals surface area contributed by atoms with Crippen LogP contribution in [0.5, 0.6) is 0 Å². The van der Waals surface area contributed by atoms with Crippen molar-refractivity contribution >= 4 is 48.4 Å². The molecule has 1 unspecified atom stereocenters. The lowest BCUT2D eigenvalue weighted by Crippen LogP contribution is -2.11. The molecule has 0 aliphatic carbocycles. The van der Waals surface area contributed by atoms with Gasteiger partial charge < -0.3 is 0 Å². The molecule has 0 amide bonds. The van der Waals surface area contributed by atoms with Gasteiger partial charge in [0.15, 0.2) is 0 Å². The molecule has 3 aromatic rings. The first-order valence-electron chi connectivity index (χ1n) is 7.22. The molecule has 25 heavy (non-hydrogen) atoms. The largest absolute Gasteiger partial charge is 0.271 e. The third kappa shape index (κ3) is 4.35. The number of thioether (sulfide) groups is 1. The normalized spacial score (nSPS) is 12.2. The molecular formula is C18H10BCl2F2NS. The SMILES string of the molecule is [B]c1cc(C(Sc2ccc(Cl)cc2)c2cc(F)ccc2F)c(Cl)cn1. The van der Waals surface area contributed by atoms with Crippen LogP contribution in [0.3, 0.4) is 0 Å². The van der Waals surface area contributed by atoms with Crippen LogP contribution in [0.2, 0.25) is 10.0 Å². The van der Waals surface area contributed by atoms with E-state index in [2.05, 4.69) is 4.98 Å². The van der Waals surface area contributed by atoms with Gasteiger partial charge in [0, 0.05) is 21.7 Å². The zero-order valence-corrected chi connectivity index (χ0v) is 15.0. The average Bonchev–Trinajstić information content (AvgIpc) is 2.59. The minimum Gasteiger partial charge on any atom is -0.271 e. The second-order valence-electron chi connectivity index (χ2n) is 5.25. The van der Waals surface area contributed by atoms with E-state index < -0.39 is 16.9 Å². The summed E-state index contributed by atoms with van der Waals surface area (Å²) in [6.07, 6.45) is 1.40. The molecule has 0 aliphatic heterocycles. The van der Waals surface area contributed by atoms with E-state index in [4.69, 9.17) is 31.0 Å². The van der Waals surface area contributed by atoms with Crippen molar-refractivity contribution in [2.45, 2.75) is 10.1 Å². The molecule has 1 heterocycles. The minimum atomic E-state index is -0.602. The number of aromatic nitrogens is 1. The fourth-order valence-electron chi connectivity index (χ4n) is 2.33. The van der Waals surface area contributed by atoms with Crippen molar-refractivity contribution in [2.75, 3.05) is 0 Å². The predicted octanol–water partition coefficient (Wildman–Crippen LogP) is 5.34. The average molecular weight is 392 g/mol. The highest BCUT2D eigenvalue weighted by Gasteiger charge is 2.23. The Bertz CT molecular complexity index is 855. The van der Waals surface area contributed by atoms with Gasteiger partial charge in [-0.15, -0.1) is 11.8 Å². The van der Waals surface area contributed by atoms with Crippen molar-refractivity contribution in [3.8, 4) is 0 Å². The lowest BCUT2D eigenvalue weighted by Gasteiger charge is -2.20. The minimum absolute atomic E-state index is 0.174. The van der Waals surface area contributed by atoms with Crippen LogP contribution in [0.15, 0.2) is 59.6 Å². The molecule has 0 aliphatic rings. The summed E-state index contributed by atoms with van der Waals surface area (Å²) in [4.78, 5) is 4.75. The third-order valence-corrected chi connectivity index (χ3v) is 5.35. The smallest absolute Gasteiger partial charge is 0.141 e. The Morgan fingerprint density at radius 3 is 2.40 bits per heavy atom.